The Hall–Kier alpha value is -3.06. The predicted molar refractivity (Wildman–Crippen MR) is 99.6 cm³/mol. The van der Waals surface area contributed by atoms with Crippen molar-refractivity contribution >= 4 is 23.3 Å². The number of hydrogen-bond acceptors (Lipinski definition) is 5. The number of nitrogens with zero attached hydrogens (tertiary/aromatic N) is 3. The highest BCUT2D eigenvalue weighted by Gasteiger charge is 2.18. The maximum Gasteiger partial charge on any atom is 0.275 e. The van der Waals surface area contributed by atoms with Crippen molar-refractivity contribution in [3.05, 3.63) is 64.8 Å². The van der Waals surface area contributed by atoms with Crippen molar-refractivity contribution in [2.75, 3.05) is 12.3 Å². The second-order valence-corrected chi connectivity index (χ2v) is 5.91. The molecule has 0 saturated heterocycles. The lowest BCUT2D eigenvalue weighted by Crippen LogP contribution is -2.24. The fourth-order valence-electron chi connectivity index (χ4n) is 2.36. The Morgan fingerprint density at radius 1 is 1.19 bits per heavy atom. The zero-order valence-electron chi connectivity index (χ0n) is 14.1. The summed E-state index contributed by atoms with van der Waals surface area (Å²) in [7, 11) is 0. The highest BCUT2D eigenvalue weighted by atomic mass is 35.5. The Labute approximate surface area is 155 Å². The van der Waals surface area contributed by atoms with Gasteiger partial charge >= 0.3 is 0 Å². The van der Waals surface area contributed by atoms with Gasteiger partial charge in [-0.3, -0.25) is 4.79 Å². The molecule has 1 amide bonds. The maximum atomic E-state index is 12.3. The van der Waals surface area contributed by atoms with Gasteiger partial charge in [0.1, 0.15) is 5.75 Å². The molecule has 134 valence electrons. The van der Waals surface area contributed by atoms with Crippen molar-refractivity contribution in [3.63, 3.8) is 0 Å². The molecule has 0 radical (unpaired) electrons. The maximum absolute atomic E-state index is 12.3. The highest BCUT2D eigenvalue weighted by Crippen LogP contribution is 2.19. The number of carbonyl (C=O) groups excluding carboxylic acids is 1. The smallest absolute Gasteiger partial charge is 0.275 e. The Morgan fingerprint density at radius 3 is 2.54 bits per heavy atom. The second kappa shape index (κ2) is 7.88. The van der Waals surface area contributed by atoms with E-state index >= 15 is 0 Å². The van der Waals surface area contributed by atoms with Crippen LogP contribution in [0.4, 0.5) is 5.82 Å². The Balaban J connectivity index is 1.71. The summed E-state index contributed by atoms with van der Waals surface area (Å²) in [4.78, 5) is 12.3. The van der Waals surface area contributed by atoms with E-state index in [9.17, 15) is 4.79 Å². The van der Waals surface area contributed by atoms with E-state index in [1.165, 1.54) is 4.68 Å². The minimum absolute atomic E-state index is 0.0767. The van der Waals surface area contributed by atoms with E-state index in [0.29, 0.717) is 23.9 Å². The van der Waals surface area contributed by atoms with Gasteiger partial charge in [-0.2, -0.15) is 4.68 Å². The third kappa shape index (κ3) is 3.94. The van der Waals surface area contributed by atoms with Crippen LogP contribution < -0.4 is 15.8 Å². The molecule has 0 aliphatic carbocycles. The van der Waals surface area contributed by atoms with E-state index in [2.05, 4.69) is 15.6 Å². The zero-order valence-corrected chi connectivity index (χ0v) is 14.9. The van der Waals surface area contributed by atoms with Crippen molar-refractivity contribution in [2.24, 2.45) is 0 Å². The van der Waals surface area contributed by atoms with Gasteiger partial charge in [0.05, 0.1) is 12.3 Å². The minimum Gasteiger partial charge on any atom is -0.494 e. The summed E-state index contributed by atoms with van der Waals surface area (Å²) in [6.45, 7) is 2.84. The summed E-state index contributed by atoms with van der Waals surface area (Å²) < 4.78 is 6.81. The number of rotatable bonds is 6. The van der Waals surface area contributed by atoms with E-state index in [1.807, 2.05) is 19.1 Å². The Kier molecular flexibility index (Phi) is 5.38. The van der Waals surface area contributed by atoms with E-state index < -0.39 is 5.91 Å². The Bertz CT molecular complexity index is 891. The molecule has 0 unspecified atom stereocenters. The van der Waals surface area contributed by atoms with Gasteiger partial charge in [0.2, 0.25) is 0 Å². The van der Waals surface area contributed by atoms with Crippen LogP contribution in [0.25, 0.3) is 5.69 Å². The molecule has 7 nitrogen and oxygen atoms in total. The lowest BCUT2D eigenvalue weighted by Gasteiger charge is -2.06. The number of halogens is 1. The lowest BCUT2D eigenvalue weighted by atomic mass is 10.2. The molecule has 3 N–H and O–H groups in total. The average Bonchev–Trinajstić information content (AvgIpc) is 3.03. The SMILES string of the molecule is CCOc1ccc(-n2nnc(C(=O)NCc3ccc(Cl)cc3)c2N)cc1. The number of amides is 1. The van der Waals surface area contributed by atoms with Crippen molar-refractivity contribution < 1.29 is 9.53 Å². The quantitative estimate of drug-likeness (QED) is 0.694. The van der Waals surface area contributed by atoms with Crippen molar-refractivity contribution in [2.45, 2.75) is 13.5 Å². The zero-order chi connectivity index (χ0) is 18.5. The van der Waals surface area contributed by atoms with Crippen LogP contribution in [0.2, 0.25) is 5.02 Å². The monoisotopic (exact) mass is 371 g/mol. The number of carbonyl (C=O) groups is 1. The number of nitrogens with two attached hydrogens (primary N) is 1. The first-order valence-corrected chi connectivity index (χ1v) is 8.43. The molecule has 0 atom stereocenters. The first-order chi connectivity index (χ1) is 12.6. The molecule has 26 heavy (non-hydrogen) atoms. The molecular weight excluding hydrogens is 354 g/mol. The number of benzene rings is 2. The summed E-state index contributed by atoms with van der Waals surface area (Å²) in [6, 6.07) is 14.4. The Morgan fingerprint density at radius 2 is 1.88 bits per heavy atom. The molecule has 8 heteroatoms. The third-order valence-corrected chi connectivity index (χ3v) is 3.93. The van der Waals surface area contributed by atoms with E-state index in [-0.39, 0.29) is 11.5 Å². The molecule has 3 rings (SSSR count). The van der Waals surface area contributed by atoms with Gasteiger partial charge in [0.25, 0.3) is 5.91 Å². The van der Waals surface area contributed by atoms with Gasteiger partial charge in [0, 0.05) is 11.6 Å². The molecule has 0 aliphatic rings. The van der Waals surface area contributed by atoms with E-state index in [1.54, 1.807) is 36.4 Å². The molecule has 1 heterocycles. The lowest BCUT2D eigenvalue weighted by molar-refractivity contribution is 0.0946. The standard InChI is InChI=1S/C18H18ClN5O2/c1-2-26-15-9-7-14(8-10-15)24-17(20)16(22-23-24)18(25)21-11-12-3-5-13(19)6-4-12/h3-10H,2,11,20H2,1H3,(H,21,25). The van der Waals surface area contributed by atoms with Gasteiger partial charge in [0.15, 0.2) is 11.5 Å². The van der Waals surface area contributed by atoms with Gasteiger partial charge < -0.3 is 15.8 Å². The van der Waals surface area contributed by atoms with Crippen LogP contribution in [0.3, 0.4) is 0 Å². The number of ether oxygens (including phenoxy) is 1. The first-order valence-electron chi connectivity index (χ1n) is 8.05. The third-order valence-electron chi connectivity index (χ3n) is 3.68. The van der Waals surface area contributed by atoms with Gasteiger partial charge in [-0.05, 0) is 48.9 Å². The number of aromatic nitrogens is 3. The van der Waals surface area contributed by atoms with Gasteiger partial charge in [-0.25, -0.2) is 0 Å². The van der Waals surface area contributed by atoms with Crippen LogP contribution in [0.1, 0.15) is 23.0 Å². The van der Waals surface area contributed by atoms with Crippen molar-refractivity contribution in [1.29, 1.82) is 0 Å². The molecule has 3 aromatic rings. The van der Waals surface area contributed by atoms with Crippen LogP contribution in [0.5, 0.6) is 5.75 Å². The number of nitrogen functional groups attached to an aromatic ring is 1. The molecule has 0 saturated carbocycles. The molecular formula is C18H18ClN5O2. The molecule has 0 fully saturated rings. The number of hydrogen-bond donors (Lipinski definition) is 2. The highest BCUT2D eigenvalue weighted by molar-refractivity contribution is 6.30. The van der Waals surface area contributed by atoms with E-state index in [4.69, 9.17) is 22.1 Å². The van der Waals surface area contributed by atoms with Crippen molar-refractivity contribution in [3.8, 4) is 11.4 Å². The molecule has 0 spiro atoms. The number of nitrogens with one attached hydrogen (secondary N) is 1. The largest absolute Gasteiger partial charge is 0.494 e. The van der Waals surface area contributed by atoms with Crippen molar-refractivity contribution in [1.82, 2.24) is 20.3 Å². The summed E-state index contributed by atoms with van der Waals surface area (Å²) in [6.07, 6.45) is 0. The van der Waals surface area contributed by atoms with Crippen LogP contribution in [0.15, 0.2) is 48.5 Å². The second-order valence-electron chi connectivity index (χ2n) is 5.47. The molecule has 0 aliphatic heterocycles. The molecule has 1 aromatic heterocycles. The predicted octanol–water partition coefficient (Wildman–Crippen LogP) is 2.83. The fourth-order valence-corrected chi connectivity index (χ4v) is 2.49. The fraction of sp³-hybridized carbons (Fsp3) is 0.167. The topological polar surface area (TPSA) is 95.1 Å². The summed E-state index contributed by atoms with van der Waals surface area (Å²) >= 11 is 5.85. The normalized spacial score (nSPS) is 10.5. The molecule has 2 aromatic carbocycles. The minimum atomic E-state index is -0.394. The molecule has 0 bridgehead atoms. The van der Waals surface area contributed by atoms with Gasteiger partial charge in [-0.15, -0.1) is 5.10 Å². The number of anilines is 1. The van der Waals surface area contributed by atoms with Crippen LogP contribution >= 0.6 is 11.6 Å². The van der Waals surface area contributed by atoms with E-state index in [0.717, 1.165) is 11.3 Å². The average molecular weight is 372 g/mol. The van der Waals surface area contributed by atoms with Gasteiger partial charge in [-0.1, -0.05) is 28.9 Å². The summed E-state index contributed by atoms with van der Waals surface area (Å²) in [5.74, 6) is 0.522. The summed E-state index contributed by atoms with van der Waals surface area (Å²) in [5.41, 5.74) is 7.73. The van der Waals surface area contributed by atoms with Crippen LogP contribution in [0, 0.1) is 0 Å². The van der Waals surface area contributed by atoms with Crippen LogP contribution in [-0.2, 0) is 6.54 Å². The first kappa shape index (κ1) is 17.8. The summed E-state index contributed by atoms with van der Waals surface area (Å²) in [5, 5.41) is 11.3. The van der Waals surface area contributed by atoms with Crippen LogP contribution in [-0.4, -0.2) is 27.5 Å².